The summed E-state index contributed by atoms with van der Waals surface area (Å²) in [6.45, 7) is 0.349. The van der Waals surface area contributed by atoms with Crippen LogP contribution in [0.3, 0.4) is 0 Å². The van der Waals surface area contributed by atoms with Gasteiger partial charge >= 0.3 is 6.03 Å². The Balaban J connectivity index is 1.71. The number of nitrogens with one attached hydrogen (secondary N) is 1. The molecule has 2 aliphatic heterocycles. The van der Waals surface area contributed by atoms with E-state index in [1.54, 1.807) is 0 Å². The molecule has 3 amide bonds. The summed E-state index contributed by atoms with van der Waals surface area (Å²) in [6.07, 6.45) is 0.738. The van der Waals surface area contributed by atoms with Gasteiger partial charge in [0.25, 0.3) is 0 Å². The summed E-state index contributed by atoms with van der Waals surface area (Å²) in [5.74, 6) is -0.901. The number of carbonyl (C=O) groups excluding carboxylic acids is 2. The topological polar surface area (TPSA) is 86.8 Å². The quantitative estimate of drug-likeness (QED) is 0.813. The SMILES string of the molecule is O=C1CNC(=O)N1C1CCN(S(=O)(=O)c2cccc(F)c2)CC1. The van der Waals surface area contributed by atoms with Crippen LogP contribution < -0.4 is 5.32 Å². The van der Waals surface area contributed by atoms with Crippen LogP contribution >= 0.6 is 0 Å². The van der Waals surface area contributed by atoms with E-state index in [9.17, 15) is 22.4 Å². The first-order valence-corrected chi connectivity index (χ1v) is 8.69. The minimum absolute atomic E-state index is 0.0133. The number of urea groups is 1. The van der Waals surface area contributed by atoms with Gasteiger partial charge in [-0.05, 0) is 31.0 Å². The fraction of sp³-hybridized carbons (Fsp3) is 0.429. The predicted molar refractivity (Wildman–Crippen MR) is 78.4 cm³/mol. The molecule has 2 heterocycles. The third-order valence-corrected chi connectivity index (χ3v) is 6.00. The lowest BCUT2D eigenvalue weighted by molar-refractivity contribution is -0.127. The molecule has 0 aliphatic carbocycles. The second kappa shape index (κ2) is 5.89. The van der Waals surface area contributed by atoms with Crippen molar-refractivity contribution in [3.05, 3.63) is 30.1 Å². The van der Waals surface area contributed by atoms with Gasteiger partial charge in [-0.2, -0.15) is 4.31 Å². The van der Waals surface area contributed by atoms with Gasteiger partial charge in [0.15, 0.2) is 0 Å². The summed E-state index contributed by atoms with van der Waals surface area (Å²) >= 11 is 0. The van der Waals surface area contributed by atoms with Crippen molar-refractivity contribution in [3.63, 3.8) is 0 Å². The fourth-order valence-corrected chi connectivity index (χ4v) is 4.42. The Morgan fingerprint density at radius 2 is 1.87 bits per heavy atom. The summed E-state index contributed by atoms with van der Waals surface area (Å²) in [7, 11) is -3.77. The number of amides is 3. The first-order valence-electron chi connectivity index (χ1n) is 7.25. The molecule has 2 aliphatic rings. The maximum atomic E-state index is 13.2. The van der Waals surface area contributed by atoms with Gasteiger partial charge in [-0.3, -0.25) is 9.69 Å². The van der Waals surface area contributed by atoms with Gasteiger partial charge in [0, 0.05) is 19.1 Å². The Morgan fingerprint density at radius 3 is 2.43 bits per heavy atom. The Labute approximate surface area is 133 Å². The second-order valence-electron chi connectivity index (χ2n) is 5.52. The standard InChI is InChI=1S/C14H16FN3O4S/c15-10-2-1-3-12(8-10)23(21,22)17-6-4-11(5-7-17)18-13(19)9-16-14(18)20/h1-3,8,11H,4-7,9H2,(H,16,20). The number of halogens is 1. The van der Waals surface area contributed by atoms with Gasteiger partial charge in [-0.15, -0.1) is 0 Å². The maximum Gasteiger partial charge on any atom is 0.324 e. The number of rotatable bonds is 3. The van der Waals surface area contributed by atoms with Gasteiger partial charge in [0.05, 0.1) is 11.4 Å². The largest absolute Gasteiger partial charge is 0.329 e. The number of imide groups is 1. The van der Waals surface area contributed by atoms with E-state index in [1.165, 1.54) is 27.4 Å². The number of carbonyl (C=O) groups is 2. The summed E-state index contributed by atoms with van der Waals surface area (Å²) in [5, 5.41) is 2.45. The molecule has 23 heavy (non-hydrogen) atoms. The van der Waals surface area contributed by atoms with Crippen molar-refractivity contribution in [2.24, 2.45) is 0 Å². The Morgan fingerprint density at radius 1 is 1.17 bits per heavy atom. The molecule has 1 aromatic rings. The number of piperidine rings is 1. The highest BCUT2D eigenvalue weighted by atomic mass is 32.2. The lowest BCUT2D eigenvalue weighted by Crippen LogP contribution is -2.48. The second-order valence-corrected chi connectivity index (χ2v) is 7.45. The van der Waals surface area contributed by atoms with Crippen molar-refractivity contribution in [1.29, 1.82) is 0 Å². The summed E-state index contributed by atoms with van der Waals surface area (Å²) in [6, 6.07) is 4.14. The fourth-order valence-electron chi connectivity index (χ4n) is 2.92. The van der Waals surface area contributed by atoms with Gasteiger partial charge in [0.1, 0.15) is 5.82 Å². The minimum Gasteiger partial charge on any atom is -0.329 e. The van der Waals surface area contributed by atoms with Crippen LogP contribution in [0.4, 0.5) is 9.18 Å². The molecule has 1 N–H and O–H groups in total. The molecule has 0 aromatic heterocycles. The van der Waals surface area contributed by atoms with Crippen LogP contribution in [0.15, 0.2) is 29.2 Å². The zero-order valence-corrected chi connectivity index (χ0v) is 13.1. The van der Waals surface area contributed by atoms with Crippen LogP contribution in [0, 0.1) is 5.82 Å². The normalized spacial score (nSPS) is 20.8. The lowest BCUT2D eigenvalue weighted by Gasteiger charge is -2.34. The number of nitrogens with zero attached hydrogens (tertiary/aromatic N) is 2. The highest BCUT2D eigenvalue weighted by molar-refractivity contribution is 7.89. The van der Waals surface area contributed by atoms with E-state index in [1.807, 2.05) is 0 Å². The van der Waals surface area contributed by atoms with Crippen molar-refractivity contribution in [3.8, 4) is 0 Å². The molecule has 1 aromatic carbocycles. The molecule has 0 unspecified atom stereocenters. The van der Waals surface area contributed by atoms with Crippen molar-refractivity contribution >= 4 is 22.0 Å². The molecule has 124 valence electrons. The molecule has 2 saturated heterocycles. The summed E-state index contributed by atoms with van der Waals surface area (Å²) in [4.78, 5) is 24.4. The highest BCUT2D eigenvalue weighted by Gasteiger charge is 2.38. The van der Waals surface area contributed by atoms with Crippen LogP contribution in [0.1, 0.15) is 12.8 Å². The molecule has 0 radical (unpaired) electrons. The molecule has 2 fully saturated rings. The van der Waals surface area contributed by atoms with E-state index >= 15 is 0 Å². The monoisotopic (exact) mass is 341 g/mol. The number of hydrogen-bond donors (Lipinski definition) is 1. The van der Waals surface area contributed by atoms with Gasteiger partial charge < -0.3 is 5.32 Å². The van der Waals surface area contributed by atoms with Crippen molar-refractivity contribution in [2.45, 2.75) is 23.8 Å². The van der Waals surface area contributed by atoms with E-state index in [0.29, 0.717) is 12.8 Å². The highest BCUT2D eigenvalue weighted by Crippen LogP contribution is 2.24. The van der Waals surface area contributed by atoms with Crippen molar-refractivity contribution in [1.82, 2.24) is 14.5 Å². The molecule has 9 heteroatoms. The molecule has 3 rings (SSSR count). The molecular formula is C14H16FN3O4S. The first kappa shape index (κ1) is 15.9. The van der Waals surface area contributed by atoms with Gasteiger partial charge in [-0.1, -0.05) is 6.07 Å². The average molecular weight is 341 g/mol. The number of benzene rings is 1. The molecule has 0 saturated carbocycles. The zero-order valence-electron chi connectivity index (χ0n) is 12.2. The molecule has 7 nitrogen and oxygen atoms in total. The Kier molecular flexibility index (Phi) is 4.07. The lowest BCUT2D eigenvalue weighted by atomic mass is 10.1. The Bertz CT molecular complexity index is 728. The van der Waals surface area contributed by atoms with Crippen LogP contribution in [0.25, 0.3) is 0 Å². The summed E-state index contributed by atoms with van der Waals surface area (Å²) < 4.78 is 39.5. The first-order chi connectivity index (χ1) is 10.9. The maximum absolute atomic E-state index is 13.2. The van der Waals surface area contributed by atoms with E-state index in [4.69, 9.17) is 0 Å². The number of sulfonamides is 1. The van der Waals surface area contributed by atoms with Crippen LogP contribution in [0.5, 0.6) is 0 Å². The number of hydrogen-bond acceptors (Lipinski definition) is 4. The van der Waals surface area contributed by atoms with Gasteiger partial charge in [-0.25, -0.2) is 17.6 Å². The smallest absolute Gasteiger partial charge is 0.324 e. The third kappa shape index (κ3) is 2.93. The molecule has 0 atom stereocenters. The summed E-state index contributed by atoms with van der Waals surface area (Å²) in [5.41, 5.74) is 0. The molecule has 0 spiro atoms. The zero-order chi connectivity index (χ0) is 16.6. The van der Waals surface area contributed by atoms with Crippen LogP contribution in [0.2, 0.25) is 0 Å². The van der Waals surface area contributed by atoms with E-state index in [0.717, 1.165) is 6.07 Å². The molecule has 0 bridgehead atoms. The van der Waals surface area contributed by atoms with Crippen molar-refractivity contribution < 1.29 is 22.4 Å². The van der Waals surface area contributed by atoms with E-state index in [2.05, 4.69) is 5.32 Å². The third-order valence-electron chi connectivity index (χ3n) is 4.10. The van der Waals surface area contributed by atoms with Crippen LogP contribution in [-0.4, -0.2) is 55.2 Å². The predicted octanol–water partition coefficient (Wildman–Crippen LogP) is 0.531. The van der Waals surface area contributed by atoms with Crippen molar-refractivity contribution in [2.75, 3.05) is 19.6 Å². The van der Waals surface area contributed by atoms with Gasteiger partial charge in [0.2, 0.25) is 15.9 Å². The van der Waals surface area contributed by atoms with E-state index < -0.39 is 21.9 Å². The Hall–Kier alpha value is -2.00. The molecular weight excluding hydrogens is 325 g/mol. The van der Waals surface area contributed by atoms with Crippen LogP contribution in [-0.2, 0) is 14.8 Å². The minimum atomic E-state index is -3.77. The van der Waals surface area contributed by atoms with E-state index in [-0.39, 0.29) is 36.5 Å². The average Bonchev–Trinajstić information content (AvgIpc) is 2.86.